The van der Waals surface area contributed by atoms with Gasteiger partial charge in [0.25, 0.3) is 0 Å². The molecule has 2 atom stereocenters. The Morgan fingerprint density at radius 3 is 1.97 bits per heavy atom. The number of carbonyl (C=O) groups excluding carboxylic acids is 3. The molecule has 34 heavy (non-hydrogen) atoms. The molecule has 0 aliphatic carbocycles. The van der Waals surface area contributed by atoms with Gasteiger partial charge in [-0.05, 0) is 42.0 Å². The van der Waals surface area contributed by atoms with Crippen molar-refractivity contribution in [1.29, 1.82) is 0 Å². The predicted molar refractivity (Wildman–Crippen MR) is 129 cm³/mol. The number of piperazine rings is 1. The van der Waals surface area contributed by atoms with E-state index in [2.05, 4.69) is 5.32 Å². The standard InChI is InChI=1S/C25H29N3O5S/c1-17(29)27-12-14-28(15-13-27)24(31)25(34-21-10-8-20(33-3)9-11-21)16-22(30)26-23(25)18-4-6-19(32-2)7-5-18/h4-11,23H,12-16H2,1-3H3,(H,26,30)/t23-,25-/m1/s1. The molecule has 2 fully saturated rings. The lowest BCUT2D eigenvalue weighted by atomic mass is 9.91. The van der Waals surface area contributed by atoms with Crippen LogP contribution in [0.5, 0.6) is 11.5 Å². The van der Waals surface area contributed by atoms with E-state index in [9.17, 15) is 14.4 Å². The molecule has 2 saturated heterocycles. The summed E-state index contributed by atoms with van der Waals surface area (Å²) in [6.07, 6.45) is 0.0617. The number of ether oxygens (including phenoxy) is 2. The predicted octanol–water partition coefficient (Wildman–Crippen LogP) is 2.49. The van der Waals surface area contributed by atoms with Gasteiger partial charge in [-0.25, -0.2) is 0 Å². The minimum absolute atomic E-state index is 0.00300. The van der Waals surface area contributed by atoms with Crippen LogP contribution in [0.2, 0.25) is 0 Å². The van der Waals surface area contributed by atoms with Crippen molar-refractivity contribution < 1.29 is 23.9 Å². The number of rotatable bonds is 6. The molecule has 0 radical (unpaired) electrons. The fourth-order valence-electron chi connectivity index (χ4n) is 4.50. The molecule has 2 aromatic rings. The third-order valence-electron chi connectivity index (χ3n) is 6.38. The van der Waals surface area contributed by atoms with E-state index in [4.69, 9.17) is 9.47 Å². The Morgan fingerprint density at radius 2 is 1.44 bits per heavy atom. The number of carbonyl (C=O) groups is 3. The van der Waals surface area contributed by atoms with Gasteiger partial charge in [0.1, 0.15) is 16.2 Å². The maximum atomic E-state index is 14.1. The molecule has 2 aromatic carbocycles. The van der Waals surface area contributed by atoms with Crippen LogP contribution < -0.4 is 14.8 Å². The van der Waals surface area contributed by atoms with Gasteiger partial charge in [0.15, 0.2) is 0 Å². The van der Waals surface area contributed by atoms with E-state index < -0.39 is 10.8 Å². The van der Waals surface area contributed by atoms with Gasteiger partial charge in [-0.1, -0.05) is 12.1 Å². The van der Waals surface area contributed by atoms with E-state index in [1.807, 2.05) is 48.5 Å². The topological polar surface area (TPSA) is 88.2 Å². The monoisotopic (exact) mass is 483 g/mol. The molecule has 180 valence electrons. The number of hydrogen-bond acceptors (Lipinski definition) is 6. The second-order valence-electron chi connectivity index (χ2n) is 8.42. The summed E-state index contributed by atoms with van der Waals surface area (Å²) < 4.78 is 9.48. The molecule has 2 heterocycles. The lowest BCUT2D eigenvalue weighted by Gasteiger charge is -2.41. The Kier molecular flexibility index (Phi) is 7.02. The minimum Gasteiger partial charge on any atom is -0.497 e. The zero-order chi connectivity index (χ0) is 24.3. The Hall–Kier alpha value is -3.20. The highest BCUT2D eigenvalue weighted by Gasteiger charge is 2.56. The molecule has 1 N–H and O–H groups in total. The van der Waals surface area contributed by atoms with Crippen molar-refractivity contribution in [2.45, 2.75) is 29.0 Å². The van der Waals surface area contributed by atoms with E-state index in [1.54, 1.807) is 24.0 Å². The zero-order valence-corrected chi connectivity index (χ0v) is 20.4. The highest BCUT2D eigenvalue weighted by atomic mass is 32.2. The fraction of sp³-hybridized carbons (Fsp3) is 0.400. The Bertz CT molecular complexity index is 1050. The number of amides is 3. The lowest BCUT2D eigenvalue weighted by molar-refractivity contribution is -0.140. The molecule has 8 nitrogen and oxygen atoms in total. The van der Waals surface area contributed by atoms with Crippen LogP contribution >= 0.6 is 11.8 Å². The first-order chi connectivity index (χ1) is 16.4. The number of hydrogen-bond donors (Lipinski definition) is 1. The van der Waals surface area contributed by atoms with E-state index in [0.717, 1.165) is 16.2 Å². The van der Waals surface area contributed by atoms with Gasteiger partial charge in [0, 0.05) is 38.0 Å². The molecule has 0 spiro atoms. The van der Waals surface area contributed by atoms with Crippen molar-refractivity contribution in [3.8, 4) is 11.5 Å². The van der Waals surface area contributed by atoms with Gasteiger partial charge >= 0.3 is 0 Å². The van der Waals surface area contributed by atoms with Gasteiger partial charge in [-0.2, -0.15) is 0 Å². The highest BCUT2D eigenvalue weighted by molar-refractivity contribution is 8.01. The first-order valence-electron chi connectivity index (χ1n) is 11.2. The summed E-state index contributed by atoms with van der Waals surface area (Å²) in [5, 5.41) is 3.05. The Balaban J connectivity index is 1.70. The van der Waals surface area contributed by atoms with Crippen LogP contribution in [0.4, 0.5) is 0 Å². The van der Waals surface area contributed by atoms with Crippen molar-refractivity contribution >= 4 is 29.5 Å². The molecule has 0 bridgehead atoms. The van der Waals surface area contributed by atoms with Gasteiger partial charge in [0.2, 0.25) is 17.7 Å². The number of thioether (sulfide) groups is 1. The van der Waals surface area contributed by atoms with E-state index >= 15 is 0 Å². The molecule has 2 aliphatic heterocycles. The number of methoxy groups -OCH3 is 2. The van der Waals surface area contributed by atoms with Crippen LogP contribution in [0.1, 0.15) is 24.9 Å². The van der Waals surface area contributed by atoms with Crippen molar-refractivity contribution in [1.82, 2.24) is 15.1 Å². The van der Waals surface area contributed by atoms with E-state index in [1.165, 1.54) is 18.7 Å². The molecular formula is C25H29N3O5S. The van der Waals surface area contributed by atoms with Gasteiger partial charge in [0.05, 0.1) is 26.7 Å². The third-order valence-corrected chi connectivity index (χ3v) is 7.80. The molecule has 2 aliphatic rings. The molecule has 4 rings (SSSR count). The summed E-state index contributed by atoms with van der Waals surface area (Å²) in [7, 11) is 3.20. The van der Waals surface area contributed by atoms with Crippen LogP contribution in [0, 0.1) is 0 Å². The molecule has 0 saturated carbocycles. The zero-order valence-electron chi connectivity index (χ0n) is 19.6. The van der Waals surface area contributed by atoms with E-state index in [0.29, 0.717) is 31.9 Å². The average Bonchev–Trinajstić information content (AvgIpc) is 3.20. The normalized spacial score (nSPS) is 22.3. The van der Waals surface area contributed by atoms with E-state index in [-0.39, 0.29) is 24.1 Å². The summed E-state index contributed by atoms with van der Waals surface area (Å²) in [5.74, 6) is 1.15. The van der Waals surface area contributed by atoms with Gasteiger partial charge in [-0.15, -0.1) is 11.8 Å². The summed E-state index contributed by atoms with van der Waals surface area (Å²) >= 11 is 1.40. The van der Waals surface area contributed by atoms with Crippen molar-refractivity contribution in [3.63, 3.8) is 0 Å². The smallest absolute Gasteiger partial charge is 0.242 e. The highest BCUT2D eigenvalue weighted by Crippen LogP contribution is 2.49. The van der Waals surface area contributed by atoms with Crippen molar-refractivity contribution in [2.24, 2.45) is 0 Å². The molecular weight excluding hydrogens is 454 g/mol. The first-order valence-corrected chi connectivity index (χ1v) is 12.0. The number of nitrogens with zero attached hydrogens (tertiary/aromatic N) is 2. The second kappa shape index (κ2) is 9.97. The van der Waals surface area contributed by atoms with Crippen molar-refractivity contribution in [3.05, 3.63) is 54.1 Å². The van der Waals surface area contributed by atoms with Crippen LogP contribution in [0.25, 0.3) is 0 Å². The molecule has 0 aromatic heterocycles. The molecule has 3 amide bonds. The van der Waals surface area contributed by atoms with Crippen LogP contribution in [0.15, 0.2) is 53.4 Å². The van der Waals surface area contributed by atoms with Gasteiger partial charge < -0.3 is 24.6 Å². The molecule has 9 heteroatoms. The van der Waals surface area contributed by atoms with Crippen LogP contribution in [-0.4, -0.2) is 72.7 Å². The summed E-state index contributed by atoms with van der Waals surface area (Å²) in [6, 6.07) is 14.4. The average molecular weight is 484 g/mol. The Morgan fingerprint density at radius 1 is 0.912 bits per heavy atom. The Labute approximate surface area is 203 Å². The molecule has 0 unspecified atom stereocenters. The van der Waals surface area contributed by atoms with Crippen molar-refractivity contribution in [2.75, 3.05) is 40.4 Å². The second-order valence-corrected chi connectivity index (χ2v) is 9.82. The SMILES string of the molecule is COc1ccc(S[C@]2(C(=O)N3CCN(C(C)=O)CC3)CC(=O)N[C@@H]2c2ccc(OC)cc2)cc1. The maximum Gasteiger partial charge on any atom is 0.242 e. The fourth-order valence-corrected chi connectivity index (χ4v) is 5.93. The third kappa shape index (κ3) is 4.70. The van der Waals surface area contributed by atoms with Gasteiger partial charge in [-0.3, -0.25) is 14.4 Å². The first kappa shape index (κ1) is 23.9. The number of benzene rings is 2. The summed E-state index contributed by atoms with van der Waals surface area (Å²) in [4.78, 5) is 43.1. The minimum atomic E-state index is -1.07. The summed E-state index contributed by atoms with van der Waals surface area (Å²) in [5.41, 5.74) is 0.836. The van der Waals surface area contributed by atoms with Crippen LogP contribution in [-0.2, 0) is 14.4 Å². The van der Waals surface area contributed by atoms with Crippen LogP contribution in [0.3, 0.4) is 0 Å². The maximum absolute atomic E-state index is 14.1. The largest absolute Gasteiger partial charge is 0.497 e. The lowest BCUT2D eigenvalue weighted by Crippen LogP contribution is -2.56. The number of nitrogens with one attached hydrogen (secondary N) is 1. The summed E-state index contributed by atoms with van der Waals surface area (Å²) in [6.45, 7) is 3.38. The quantitative estimate of drug-likeness (QED) is 0.679.